The number of hydrogen-bond donors (Lipinski definition) is 2. The molecule has 4 N–H and O–H groups in total. The number of urea groups is 1. The number of amides is 3. The lowest BCUT2D eigenvalue weighted by atomic mass is 10.3. The normalized spacial score (nSPS) is 15.7. The van der Waals surface area contributed by atoms with Crippen LogP contribution in [0.15, 0.2) is 16.9 Å². The van der Waals surface area contributed by atoms with Crippen molar-refractivity contribution in [3.05, 3.63) is 11.9 Å². The van der Waals surface area contributed by atoms with Crippen molar-refractivity contribution in [2.24, 2.45) is 16.5 Å². The standard InChI is InChI=1S/C6H8N4O2/c7-5(11)4-3-9-1-2-10(4)6(8)12/h1,3H,2H2,(H2,7,11)(H2,8,12). The molecule has 0 spiro atoms. The Morgan fingerprint density at radius 2 is 2.17 bits per heavy atom. The average Bonchev–Trinajstić information content (AvgIpc) is 2.04. The highest BCUT2D eigenvalue weighted by Crippen LogP contribution is 2.05. The molecule has 3 amide bonds. The van der Waals surface area contributed by atoms with Gasteiger partial charge < -0.3 is 11.5 Å². The first-order chi connectivity index (χ1) is 5.63. The first-order valence-corrected chi connectivity index (χ1v) is 3.21. The van der Waals surface area contributed by atoms with Gasteiger partial charge in [-0.3, -0.25) is 14.7 Å². The summed E-state index contributed by atoms with van der Waals surface area (Å²) in [5.41, 5.74) is 9.96. The van der Waals surface area contributed by atoms with E-state index in [1.165, 1.54) is 12.4 Å². The van der Waals surface area contributed by atoms with E-state index >= 15 is 0 Å². The fourth-order valence-electron chi connectivity index (χ4n) is 0.825. The fourth-order valence-corrected chi connectivity index (χ4v) is 0.825. The van der Waals surface area contributed by atoms with Crippen LogP contribution in [0.25, 0.3) is 0 Å². The van der Waals surface area contributed by atoms with E-state index in [1.807, 2.05) is 0 Å². The maximum atomic E-state index is 10.7. The van der Waals surface area contributed by atoms with Crippen molar-refractivity contribution in [3.63, 3.8) is 0 Å². The predicted octanol–water partition coefficient (Wildman–Crippen LogP) is -1.22. The van der Waals surface area contributed by atoms with Crippen LogP contribution in [0.1, 0.15) is 0 Å². The Hall–Kier alpha value is -1.85. The molecule has 0 aromatic rings. The maximum Gasteiger partial charge on any atom is 0.319 e. The van der Waals surface area contributed by atoms with Crippen molar-refractivity contribution in [1.82, 2.24) is 4.90 Å². The smallest absolute Gasteiger partial charge is 0.319 e. The Balaban J connectivity index is 2.91. The zero-order valence-corrected chi connectivity index (χ0v) is 6.23. The van der Waals surface area contributed by atoms with E-state index in [1.54, 1.807) is 0 Å². The van der Waals surface area contributed by atoms with E-state index in [0.29, 0.717) is 0 Å². The molecule has 0 aliphatic carbocycles. The van der Waals surface area contributed by atoms with E-state index in [9.17, 15) is 9.59 Å². The highest BCUT2D eigenvalue weighted by atomic mass is 16.2. The summed E-state index contributed by atoms with van der Waals surface area (Å²) in [6, 6.07) is -0.716. The fraction of sp³-hybridized carbons (Fsp3) is 0.167. The van der Waals surface area contributed by atoms with Gasteiger partial charge in [0.15, 0.2) is 0 Å². The molecule has 0 atom stereocenters. The Morgan fingerprint density at radius 1 is 1.50 bits per heavy atom. The largest absolute Gasteiger partial charge is 0.364 e. The van der Waals surface area contributed by atoms with E-state index < -0.39 is 11.9 Å². The maximum absolute atomic E-state index is 10.7. The van der Waals surface area contributed by atoms with Gasteiger partial charge in [-0.25, -0.2) is 4.79 Å². The molecule has 1 aliphatic heterocycles. The molecule has 6 heteroatoms. The lowest BCUT2D eigenvalue weighted by Crippen LogP contribution is -2.41. The van der Waals surface area contributed by atoms with E-state index in [4.69, 9.17) is 11.5 Å². The molecule has 1 aliphatic rings. The van der Waals surface area contributed by atoms with E-state index in [-0.39, 0.29) is 12.2 Å². The monoisotopic (exact) mass is 168 g/mol. The summed E-state index contributed by atoms with van der Waals surface area (Å²) in [7, 11) is 0. The Labute approximate surface area is 68.5 Å². The summed E-state index contributed by atoms with van der Waals surface area (Å²) >= 11 is 0. The van der Waals surface area contributed by atoms with Crippen molar-refractivity contribution in [1.29, 1.82) is 0 Å². The molecule has 0 saturated heterocycles. The lowest BCUT2D eigenvalue weighted by molar-refractivity contribution is -0.115. The second-order valence-corrected chi connectivity index (χ2v) is 2.16. The number of primary amides is 2. The number of carbonyl (C=O) groups excluding carboxylic acids is 2. The molecule has 0 radical (unpaired) electrons. The molecule has 1 heterocycles. The van der Waals surface area contributed by atoms with Crippen LogP contribution in [-0.4, -0.2) is 29.6 Å². The van der Waals surface area contributed by atoms with Crippen molar-refractivity contribution in [3.8, 4) is 0 Å². The van der Waals surface area contributed by atoms with Crippen LogP contribution in [0.2, 0.25) is 0 Å². The quantitative estimate of drug-likeness (QED) is 0.512. The molecule has 0 aromatic heterocycles. The van der Waals surface area contributed by atoms with Crippen LogP contribution >= 0.6 is 0 Å². The lowest BCUT2D eigenvalue weighted by Gasteiger charge is -2.20. The highest BCUT2D eigenvalue weighted by Gasteiger charge is 2.20. The van der Waals surface area contributed by atoms with Crippen LogP contribution in [0, 0.1) is 0 Å². The third-order valence-corrected chi connectivity index (χ3v) is 1.38. The van der Waals surface area contributed by atoms with Gasteiger partial charge in [-0.05, 0) is 0 Å². The van der Waals surface area contributed by atoms with E-state index in [2.05, 4.69) is 4.99 Å². The SMILES string of the molecule is NC(=O)C1=CN=CCN1C(N)=O. The summed E-state index contributed by atoms with van der Waals surface area (Å²) in [4.78, 5) is 26.1. The highest BCUT2D eigenvalue weighted by molar-refractivity contribution is 5.97. The van der Waals surface area contributed by atoms with Gasteiger partial charge in [-0.2, -0.15) is 0 Å². The number of nitrogens with zero attached hydrogens (tertiary/aromatic N) is 2. The summed E-state index contributed by atoms with van der Waals surface area (Å²) in [5.74, 6) is -0.717. The molecule has 0 unspecified atom stereocenters. The number of rotatable bonds is 1. The molecule has 1 rings (SSSR count). The Bertz CT molecular complexity index is 281. The summed E-state index contributed by atoms with van der Waals surface area (Å²) in [6.45, 7) is 0.185. The van der Waals surface area contributed by atoms with Gasteiger partial charge in [0.2, 0.25) is 0 Å². The number of carbonyl (C=O) groups is 2. The van der Waals surface area contributed by atoms with Crippen molar-refractivity contribution >= 4 is 18.2 Å². The molecule has 0 bridgehead atoms. The summed E-state index contributed by atoms with van der Waals surface area (Å²) in [6.07, 6.45) is 2.66. The minimum atomic E-state index is -0.717. The second-order valence-electron chi connectivity index (χ2n) is 2.16. The minimum absolute atomic E-state index is 0.0185. The number of nitrogens with two attached hydrogens (primary N) is 2. The zero-order valence-electron chi connectivity index (χ0n) is 6.23. The van der Waals surface area contributed by atoms with Crippen LogP contribution in [-0.2, 0) is 4.79 Å². The summed E-state index contributed by atoms with van der Waals surface area (Å²) in [5, 5.41) is 0. The first-order valence-electron chi connectivity index (χ1n) is 3.21. The second kappa shape index (κ2) is 3.04. The van der Waals surface area contributed by atoms with Gasteiger partial charge in [0.1, 0.15) is 5.70 Å². The van der Waals surface area contributed by atoms with Crippen LogP contribution < -0.4 is 11.5 Å². The van der Waals surface area contributed by atoms with Gasteiger partial charge in [0, 0.05) is 6.21 Å². The Morgan fingerprint density at radius 3 is 2.58 bits per heavy atom. The van der Waals surface area contributed by atoms with Crippen LogP contribution in [0.5, 0.6) is 0 Å². The van der Waals surface area contributed by atoms with E-state index in [0.717, 1.165) is 4.90 Å². The zero-order chi connectivity index (χ0) is 9.14. The number of aliphatic imine (C=N–C) groups is 1. The van der Waals surface area contributed by atoms with Gasteiger partial charge in [0.25, 0.3) is 5.91 Å². The molecule has 64 valence electrons. The molecule has 0 fully saturated rings. The third kappa shape index (κ3) is 1.42. The van der Waals surface area contributed by atoms with Crippen molar-refractivity contribution in [2.75, 3.05) is 6.54 Å². The van der Waals surface area contributed by atoms with Crippen LogP contribution in [0.3, 0.4) is 0 Å². The van der Waals surface area contributed by atoms with Gasteiger partial charge in [-0.15, -0.1) is 0 Å². The first kappa shape index (κ1) is 8.25. The van der Waals surface area contributed by atoms with Gasteiger partial charge in [-0.1, -0.05) is 0 Å². The predicted molar refractivity (Wildman–Crippen MR) is 42.1 cm³/mol. The van der Waals surface area contributed by atoms with Gasteiger partial charge in [0.05, 0.1) is 12.7 Å². The van der Waals surface area contributed by atoms with Gasteiger partial charge >= 0.3 is 6.03 Å². The molecule has 6 nitrogen and oxygen atoms in total. The molecular formula is C6H8N4O2. The van der Waals surface area contributed by atoms with Crippen molar-refractivity contribution in [2.45, 2.75) is 0 Å². The average molecular weight is 168 g/mol. The molecule has 0 saturated carbocycles. The topological polar surface area (TPSA) is 102 Å². The Kier molecular flexibility index (Phi) is 2.09. The molecule has 0 aromatic carbocycles. The van der Waals surface area contributed by atoms with Crippen LogP contribution in [0.4, 0.5) is 4.79 Å². The minimum Gasteiger partial charge on any atom is -0.364 e. The molecular weight excluding hydrogens is 160 g/mol. The third-order valence-electron chi connectivity index (χ3n) is 1.38. The number of hydrogen-bond acceptors (Lipinski definition) is 3. The van der Waals surface area contributed by atoms with Crippen molar-refractivity contribution < 1.29 is 9.59 Å². The molecule has 12 heavy (non-hydrogen) atoms. The summed E-state index contributed by atoms with van der Waals surface area (Å²) < 4.78 is 0.